The second kappa shape index (κ2) is 8.89. The molecule has 3 N–H and O–H groups in total. The van der Waals surface area contributed by atoms with Crippen molar-refractivity contribution in [3.63, 3.8) is 0 Å². The number of halogens is 3. The van der Waals surface area contributed by atoms with E-state index in [2.05, 4.69) is 20.9 Å². The van der Waals surface area contributed by atoms with Crippen LogP contribution in [0.2, 0.25) is 0 Å². The number of methoxy groups -OCH3 is 1. The Morgan fingerprint density at radius 2 is 1.61 bits per heavy atom. The van der Waals surface area contributed by atoms with Gasteiger partial charge in [-0.05, 0) is 42.5 Å². The van der Waals surface area contributed by atoms with Gasteiger partial charge in [0.2, 0.25) is 0 Å². The van der Waals surface area contributed by atoms with Gasteiger partial charge in [0.25, 0.3) is 11.8 Å². The quantitative estimate of drug-likeness (QED) is 0.534. The number of esters is 1. The van der Waals surface area contributed by atoms with E-state index in [1.165, 1.54) is 43.5 Å². The highest BCUT2D eigenvalue weighted by molar-refractivity contribution is 5.97. The lowest BCUT2D eigenvalue weighted by Gasteiger charge is -2.11. The third kappa shape index (κ3) is 5.73. The zero-order valence-corrected chi connectivity index (χ0v) is 14.6. The molecule has 148 valence electrons. The zero-order valence-electron chi connectivity index (χ0n) is 14.6. The van der Waals surface area contributed by atoms with E-state index in [0.717, 1.165) is 12.1 Å². The molecule has 0 fully saturated rings. The van der Waals surface area contributed by atoms with Crippen LogP contribution >= 0.6 is 0 Å². The molecule has 2 aromatic carbocycles. The van der Waals surface area contributed by atoms with Gasteiger partial charge in [-0.25, -0.2) is 4.79 Å². The highest BCUT2D eigenvalue weighted by Gasteiger charge is 2.30. The lowest BCUT2D eigenvalue weighted by Crippen LogP contribution is -2.44. The molecular formula is C18H16F3N3O4. The molecule has 7 nitrogen and oxygen atoms in total. The Labute approximate surface area is 157 Å². The summed E-state index contributed by atoms with van der Waals surface area (Å²) in [6, 6.07) is 9.89. The van der Waals surface area contributed by atoms with Crippen LogP contribution < -0.4 is 16.2 Å². The number of anilines is 1. The average molecular weight is 395 g/mol. The van der Waals surface area contributed by atoms with Crippen LogP contribution in [0, 0.1) is 0 Å². The number of nitrogens with one attached hydrogen (secondary N) is 3. The minimum absolute atomic E-state index is 0.106. The number of carbonyl (C=O) groups excluding carboxylic acids is 3. The number of carbonyl (C=O) groups is 3. The molecule has 28 heavy (non-hydrogen) atoms. The van der Waals surface area contributed by atoms with Crippen molar-refractivity contribution in [2.24, 2.45) is 0 Å². The molecule has 2 amide bonds. The number of rotatable bonds is 5. The molecule has 0 atom stereocenters. The molecule has 2 rings (SSSR count). The van der Waals surface area contributed by atoms with Crippen molar-refractivity contribution in [2.75, 3.05) is 19.0 Å². The molecule has 0 unspecified atom stereocenters. The molecule has 0 aliphatic rings. The average Bonchev–Trinajstić information content (AvgIpc) is 2.69. The second-order valence-electron chi connectivity index (χ2n) is 5.50. The molecule has 0 aromatic heterocycles. The minimum Gasteiger partial charge on any atom is -0.465 e. The van der Waals surface area contributed by atoms with Gasteiger partial charge in [-0.15, -0.1) is 0 Å². The molecule has 0 spiro atoms. The van der Waals surface area contributed by atoms with E-state index in [9.17, 15) is 27.6 Å². The van der Waals surface area contributed by atoms with Gasteiger partial charge in [0.15, 0.2) is 0 Å². The molecule has 0 radical (unpaired) electrons. The third-order valence-corrected chi connectivity index (χ3v) is 3.53. The van der Waals surface area contributed by atoms with Gasteiger partial charge >= 0.3 is 12.1 Å². The van der Waals surface area contributed by atoms with Crippen LogP contribution in [-0.4, -0.2) is 31.4 Å². The first-order chi connectivity index (χ1) is 13.2. The number of ether oxygens (including phenoxy) is 1. The fraction of sp³-hybridized carbons (Fsp3) is 0.167. The molecular weight excluding hydrogens is 379 g/mol. The number of benzene rings is 2. The van der Waals surface area contributed by atoms with Crippen molar-refractivity contribution in [1.82, 2.24) is 10.9 Å². The van der Waals surface area contributed by atoms with E-state index in [0.29, 0.717) is 0 Å². The Bertz CT molecular complexity index is 867. The van der Waals surface area contributed by atoms with E-state index in [4.69, 9.17) is 0 Å². The maximum Gasteiger partial charge on any atom is 0.416 e. The van der Waals surface area contributed by atoms with Crippen molar-refractivity contribution in [3.05, 3.63) is 65.2 Å². The maximum absolute atomic E-state index is 12.6. The van der Waals surface area contributed by atoms with Crippen molar-refractivity contribution < 1.29 is 32.3 Å². The summed E-state index contributed by atoms with van der Waals surface area (Å²) in [5.74, 6) is -1.86. The van der Waals surface area contributed by atoms with Crippen LogP contribution in [0.4, 0.5) is 18.9 Å². The number of hydrogen-bond donors (Lipinski definition) is 3. The van der Waals surface area contributed by atoms with Crippen LogP contribution in [-0.2, 0) is 15.7 Å². The molecule has 10 heteroatoms. The lowest BCUT2D eigenvalue weighted by molar-refractivity contribution is -0.137. The summed E-state index contributed by atoms with van der Waals surface area (Å²) in [6.07, 6.45) is -4.49. The van der Waals surface area contributed by atoms with Crippen LogP contribution in [0.1, 0.15) is 26.3 Å². The first-order valence-corrected chi connectivity index (χ1v) is 7.89. The summed E-state index contributed by atoms with van der Waals surface area (Å²) in [5, 5.41) is 2.53. The molecule has 0 saturated carbocycles. The number of hydrogen-bond acceptors (Lipinski definition) is 5. The molecule has 0 saturated heterocycles. The van der Waals surface area contributed by atoms with Gasteiger partial charge in [0, 0.05) is 11.3 Å². The molecule has 0 aliphatic heterocycles. The highest BCUT2D eigenvalue weighted by atomic mass is 19.4. The Hall–Kier alpha value is -3.56. The van der Waals surface area contributed by atoms with Crippen LogP contribution in [0.25, 0.3) is 0 Å². The Morgan fingerprint density at radius 1 is 0.964 bits per heavy atom. The molecule has 2 aromatic rings. The van der Waals surface area contributed by atoms with Crippen molar-refractivity contribution in [1.29, 1.82) is 0 Å². The smallest absolute Gasteiger partial charge is 0.416 e. The zero-order chi connectivity index (χ0) is 20.7. The van der Waals surface area contributed by atoms with Crippen LogP contribution in [0.5, 0.6) is 0 Å². The van der Waals surface area contributed by atoms with Crippen LogP contribution in [0.15, 0.2) is 48.5 Å². The maximum atomic E-state index is 12.6. The van der Waals surface area contributed by atoms with E-state index >= 15 is 0 Å². The normalized spacial score (nSPS) is 10.7. The minimum atomic E-state index is -4.49. The van der Waals surface area contributed by atoms with Gasteiger partial charge in [0.05, 0.1) is 24.8 Å². The van der Waals surface area contributed by atoms with Gasteiger partial charge in [-0.3, -0.25) is 20.4 Å². The van der Waals surface area contributed by atoms with E-state index in [1.807, 2.05) is 0 Å². The number of hydrazine groups is 1. The summed E-state index contributed by atoms with van der Waals surface area (Å²) in [4.78, 5) is 35.0. The van der Waals surface area contributed by atoms with Crippen molar-refractivity contribution in [3.8, 4) is 0 Å². The highest BCUT2D eigenvalue weighted by Crippen LogP contribution is 2.30. The number of amides is 2. The fourth-order valence-electron chi connectivity index (χ4n) is 2.11. The first-order valence-electron chi connectivity index (χ1n) is 7.89. The largest absolute Gasteiger partial charge is 0.465 e. The summed E-state index contributed by atoms with van der Waals surface area (Å²) < 4.78 is 42.5. The number of alkyl halides is 3. The van der Waals surface area contributed by atoms with Gasteiger partial charge < -0.3 is 10.1 Å². The van der Waals surface area contributed by atoms with Crippen molar-refractivity contribution in [2.45, 2.75) is 6.18 Å². The van der Waals surface area contributed by atoms with Crippen molar-refractivity contribution >= 4 is 23.5 Å². The van der Waals surface area contributed by atoms with Gasteiger partial charge in [-0.1, -0.05) is 6.07 Å². The molecule has 0 bridgehead atoms. The molecule has 0 aliphatic carbocycles. The fourth-order valence-corrected chi connectivity index (χ4v) is 2.11. The van der Waals surface area contributed by atoms with Gasteiger partial charge in [-0.2, -0.15) is 13.2 Å². The Kier molecular flexibility index (Phi) is 6.59. The van der Waals surface area contributed by atoms with E-state index in [-0.39, 0.29) is 23.4 Å². The lowest BCUT2D eigenvalue weighted by atomic mass is 10.1. The molecule has 0 heterocycles. The summed E-state index contributed by atoms with van der Waals surface area (Å²) in [5.41, 5.74) is 3.99. The third-order valence-electron chi connectivity index (χ3n) is 3.53. The summed E-state index contributed by atoms with van der Waals surface area (Å²) in [6.45, 7) is -0.358. The predicted molar refractivity (Wildman–Crippen MR) is 93.3 cm³/mol. The topological polar surface area (TPSA) is 96.5 Å². The summed E-state index contributed by atoms with van der Waals surface area (Å²) >= 11 is 0. The monoisotopic (exact) mass is 395 g/mol. The SMILES string of the molecule is COC(=O)c1ccc(C(=O)NNC(=O)CNc2cccc(C(F)(F)F)c2)cc1. The predicted octanol–water partition coefficient (Wildman–Crippen LogP) is 2.37. The first kappa shape index (κ1) is 20.7. The second-order valence-corrected chi connectivity index (χ2v) is 5.50. The Morgan fingerprint density at radius 3 is 2.21 bits per heavy atom. The Balaban J connectivity index is 1.84. The van der Waals surface area contributed by atoms with Gasteiger partial charge in [0.1, 0.15) is 0 Å². The van der Waals surface area contributed by atoms with E-state index < -0.39 is 29.5 Å². The standard InChI is InChI=1S/C18H16F3N3O4/c1-28-17(27)12-7-5-11(6-8-12)16(26)24-23-15(25)10-22-14-4-2-3-13(9-14)18(19,20)21/h2-9,22H,10H2,1H3,(H,23,25)(H,24,26). The van der Waals surface area contributed by atoms with E-state index in [1.54, 1.807) is 0 Å². The van der Waals surface area contributed by atoms with Crippen LogP contribution in [0.3, 0.4) is 0 Å². The summed E-state index contributed by atoms with van der Waals surface area (Å²) in [7, 11) is 1.23.